The molecule has 0 radical (unpaired) electrons. The molecule has 2 aromatic rings. The topological polar surface area (TPSA) is 56.7 Å². The summed E-state index contributed by atoms with van der Waals surface area (Å²) in [6, 6.07) is 3.92. The summed E-state index contributed by atoms with van der Waals surface area (Å²) >= 11 is 0. The predicted molar refractivity (Wildman–Crippen MR) is 69.8 cm³/mol. The smallest absolute Gasteiger partial charge is 0.159 e. The molecular weight excluding hydrogens is 212 g/mol. The largest absolute Gasteiger partial charge is 0.329 e. The van der Waals surface area contributed by atoms with Gasteiger partial charge in [0.2, 0.25) is 0 Å². The van der Waals surface area contributed by atoms with Crippen LogP contribution in [0, 0.1) is 0 Å². The molecule has 2 heterocycles. The number of pyridine rings is 1. The molecule has 4 heteroatoms. The molecule has 92 valence electrons. The van der Waals surface area contributed by atoms with E-state index in [0.717, 1.165) is 29.8 Å². The van der Waals surface area contributed by atoms with Crippen molar-refractivity contribution in [1.82, 2.24) is 14.5 Å². The third-order valence-corrected chi connectivity index (χ3v) is 3.85. The van der Waals surface area contributed by atoms with Gasteiger partial charge < -0.3 is 10.3 Å². The molecule has 0 saturated carbocycles. The van der Waals surface area contributed by atoms with E-state index in [0.29, 0.717) is 6.54 Å². The van der Waals surface area contributed by atoms with E-state index in [4.69, 9.17) is 10.7 Å². The Bertz CT molecular complexity index is 503. The molecule has 0 aromatic carbocycles. The fourth-order valence-electron chi connectivity index (χ4n) is 2.44. The quantitative estimate of drug-likeness (QED) is 0.877. The van der Waals surface area contributed by atoms with Gasteiger partial charge in [-0.2, -0.15) is 0 Å². The van der Waals surface area contributed by atoms with Crippen LogP contribution in [-0.4, -0.2) is 21.1 Å². The average Bonchev–Trinajstić information content (AvgIpc) is 2.72. The predicted octanol–water partition coefficient (Wildman–Crippen LogP) is 1.98. The molecule has 0 amide bonds. The Kier molecular flexibility index (Phi) is 3.15. The van der Waals surface area contributed by atoms with Crippen LogP contribution in [0.15, 0.2) is 18.3 Å². The third-order valence-electron chi connectivity index (χ3n) is 3.85. The van der Waals surface area contributed by atoms with Crippen molar-refractivity contribution in [3.05, 3.63) is 24.2 Å². The van der Waals surface area contributed by atoms with Crippen molar-refractivity contribution in [1.29, 1.82) is 0 Å². The molecular formula is C13H20N4. The standard InChI is InChI=1S/C13H20N4/c1-4-13(5-2,9-14)12-16-10-7-6-8-15-11(10)17(12)3/h6-8H,4-5,9,14H2,1-3H3. The molecule has 17 heavy (non-hydrogen) atoms. The Balaban J connectivity index is 2.65. The minimum absolute atomic E-state index is 0.0323. The molecule has 0 aliphatic carbocycles. The van der Waals surface area contributed by atoms with Gasteiger partial charge in [0.25, 0.3) is 0 Å². The van der Waals surface area contributed by atoms with Gasteiger partial charge in [-0.1, -0.05) is 13.8 Å². The Labute approximate surface area is 102 Å². The van der Waals surface area contributed by atoms with Gasteiger partial charge in [0.05, 0.1) is 0 Å². The molecule has 0 unspecified atom stereocenters. The van der Waals surface area contributed by atoms with Gasteiger partial charge in [0, 0.05) is 25.2 Å². The van der Waals surface area contributed by atoms with Crippen LogP contribution in [0.1, 0.15) is 32.5 Å². The van der Waals surface area contributed by atoms with E-state index < -0.39 is 0 Å². The van der Waals surface area contributed by atoms with Gasteiger partial charge >= 0.3 is 0 Å². The summed E-state index contributed by atoms with van der Waals surface area (Å²) in [5.41, 5.74) is 7.83. The summed E-state index contributed by atoms with van der Waals surface area (Å²) in [5.74, 6) is 1.05. The summed E-state index contributed by atoms with van der Waals surface area (Å²) in [6.45, 7) is 4.96. The van der Waals surface area contributed by atoms with Crippen LogP contribution in [0.2, 0.25) is 0 Å². The molecule has 0 saturated heterocycles. The molecule has 0 spiro atoms. The van der Waals surface area contributed by atoms with Gasteiger partial charge in [-0.3, -0.25) is 0 Å². The van der Waals surface area contributed by atoms with Crippen molar-refractivity contribution in [2.45, 2.75) is 32.1 Å². The van der Waals surface area contributed by atoms with Crippen LogP contribution < -0.4 is 5.73 Å². The first-order valence-electron chi connectivity index (χ1n) is 6.16. The van der Waals surface area contributed by atoms with Crippen molar-refractivity contribution in [3.8, 4) is 0 Å². The zero-order valence-electron chi connectivity index (χ0n) is 10.8. The molecule has 4 nitrogen and oxygen atoms in total. The normalized spacial score (nSPS) is 12.2. The van der Waals surface area contributed by atoms with Crippen molar-refractivity contribution in [2.24, 2.45) is 12.8 Å². The monoisotopic (exact) mass is 232 g/mol. The first-order chi connectivity index (χ1) is 8.18. The van der Waals surface area contributed by atoms with Crippen molar-refractivity contribution >= 4 is 11.2 Å². The number of aryl methyl sites for hydroxylation is 1. The highest BCUT2D eigenvalue weighted by molar-refractivity contribution is 5.71. The van der Waals surface area contributed by atoms with Gasteiger partial charge in [0.15, 0.2) is 5.65 Å². The van der Waals surface area contributed by atoms with Gasteiger partial charge in [-0.25, -0.2) is 9.97 Å². The SMILES string of the molecule is CCC(CC)(CN)c1nc2cccnc2n1C. The lowest BCUT2D eigenvalue weighted by Crippen LogP contribution is -2.36. The second kappa shape index (κ2) is 4.45. The number of rotatable bonds is 4. The van der Waals surface area contributed by atoms with Crippen LogP contribution in [0.25, 0.3) is 11.2 Å². The van der Waals surface area contributed by atoms with Gasteiger partial charge in [-0.05, 0) is 25.0 Å². The second-order valence-corrected chi connectivity index (χ2v) is 4.53. The average molecular weight is 232 g/mol. The Morgan fingerprint density at radius 1 is 1.35 bits per heavy atom. The number of fused-ring (bicyclic) bond motifs is 1. The maximum absolute atomic E-state index is 5.98. The lowest BCUT2D eigenvalue weighted by Gasteiger charge is -2.29. The molecule has 0 aliphatic rings. The maximum Gasteiger partial charge on any atom is 0.159 e. The molecule has 2 aromatic heterocycles. The molecule has 0 fully saturated rings. The minimum Gasteiger partial charge on any atom is -0.329 e. The highest BCUT2D eigenvalue weighted by Crippen LogP contribution is 2.31. The van der Waals surface area contributed by atoms with Crippen molar-refractivity contribution < 1.29 is 0 Å². The van der Waals surface area contributed by atoms with E-state index in [1.54, 1.807) is 6.20 Å². The molecule has 0 atom stereocenters. The molecule has 0 aliphatic heterocycles. The fraction of sp³-hybridized carbons (Fsp3) is 0.538. The zero-order valence-corrected chi connectivity index (χ0v) is 10.8. The summed E-state index contributed by atoms with van der Waals surface area (Å²) in [6.07, 6.45) is 3.80. The number of hydrogen-bond donors (Lipinski definition) is 1. The van der Waals surface area contributed by atoms with Crippen LogP contribution in [0.3, 0.4) is 0 Å². The van der Waals surface area contributed by atoms with E-state index in [9.17, 15) is 0 Å². The summed E-state index contributed by atoms with van der Waals surface area (Å²) in [7, 11) is 2.02. The van der Waals surface area contributed by atoms with Gasteiger partial charge in [-0.15, -0.1) is 0 Å². The van der Waals surface area contributed by atoms with Crippen LogP contribution in [0.5, 0.6) is 0 Å². The molecule has 2 rings (SSSR count). The minimum atomic E-state index is -0.0323. The Morgan fingerprint density at radius 2 is 2.06 bits per heavy atom. The van der Waals surface area contributed by atoms with E-state index in [1.165, 1.54) is 0 Å². The lowest BCUT2D eigenvalue weighted by molar-refractivity contribution is 0.374. The van der Waals surface area contributed by atoms with Crippen LogP contribution >= 0.6 is 0 Å². The summed E-state index contributed by atoms with van der Waals surface area (Å²) in [5, 5.41) is 0. The van der Waals surface area contributed by atoms with E-state index in [-0.39, 0.29) is 5.41 Å². The van der Waals surface area contributed by atoms with E-state index >= 15 is 0 Å². The first kappa shape index (κ1) is 12.0. The number of nitrogens with zero attached hydrogens (tertiary/aromatic N) is 3. The summed E-state index contributed by atoms with van der Waals surface area (Å²) in [4.78, 5) is 9.10. The Hall–Kier alpha value is -1.42. The lowest BCUT2D eigenvalue weighted by atomic mass is 9.81. The molecule has 2 N–H and O–H groups in total. The van der Waals surface area contributed by atoms with E-state index in [2.05, 4.69) is 23.4 Å². The highest BCUT2D eigenvalue weighted by Gasteiger charge is 2.32. The second-order valence-electron chi connectivity index (χ2n) is 4.53. The van der Waals surface area contributed by atoms with E-state index in [1.807, 2.05) is 19.2 Å². The fourth-order valence-corrected chi connectivity index (χ4v) is 2.44. The van der Waals surface area contributed by atoms with Crippen molar-refractivity contribution in [2.75, 3.05) is 6.54 Å². The molecule has 0 bridgehead atoms. The van der Waals surface area contributed by atoms with Crippen LogP contribution in [0.4, 0.5) is 0 Å². The number of aromatic nitrogens is 3. The number of imidazole rings is 1. The zero-order chi connectivity index (χ0) is 12.5. The highest BCUT2D eigenvalue weighted by atomic mass is 15.1. The first-order valence-corrected chi connectivity index (χ1v) is 6.16. The van der Waals surface area contributed by atoms with Crippen molar-refractivity contribution in [3.63, 3.8) is 0 Å². The van der Waals surface area contributed by atoms with Crippen LogP contribution in [-0.2, 0) is 12.5 Å². The summed E-state index contributed by atoms with van der Waals surface area (Å²) < 4.78 is 2.08. The number of nitrogens with two attached hydrogens (primary N) is 1. The van der Waals surface area contributed by atoms with Gasteiger partial charge in [0.1, 0.15) is 11.3 Å². The Morgan fingerprint density at radius 3 is 2.59 bits per heavy atom. The number of hydrogen-bond acceptors (Lipinski definition) is 3. The third kappa shape index (κ3) is 1.72. The maximum atomic E-state index is 5.98.